The summed E-state index contributed by atoms with van der Waals surface area (Å²) in [6.07, 6.45) is 2.99. The van der Waals surface area contributed by atoms with Gasteiger partial charge in [0.2, 0.25) is 0 Å². The average molecular weight is 264 g/mol. The van der Waals surface area contributed by atoms with Crippen LogP contribution in [0.1, 0.15) is 52.3 Å². The highest BCUT2D eigenvalue weighted by Crippen LogP contribution is 2.20. The molecule has 1 aromatic heterocycles. The normalized spacial score (nSPS) is 11.9. The van der Waals surface area contributed by atoms with E-state index in [2.05, 4.69) is 44.9 Å². The molecule has 0 aliphatic heterocycles. The van der Waals surface area contributed by atoms with Crippen molar-refractivity contribution in [2.75, 3.05) is 6.61 Å². The monoisotopic (exact) mass is 264 g/mol. The molecule has 1 rings (SSSR count). The zero-order chi connectivity index (χ0) is 14.5. The minimum atomic E-state index is 0.0973. The Morgan fingerprint density at radius 2 is 2.00 bits per heavy atom. The van der Waals surface area contributed by atoms with Gasteiger partial charge in [-0.3, -0.25) is 4.98 Å². The van der Waals surface area contributed by atoms with Gasteiger partial charge in [-0.2, -0.15) is 0 Å². The van der Waals surface area contributed by atoms with Gasteiger partial charge >= 0.3 is 0 Å². The molecule has 0 spiro atoms. The predicted octanol–water partition coefficient (Wildman–Crippen LogP) is 3.70. The molecule has 3 nitrogen and oxygen atoms in total. The average Bonchev–Trinajstić information content (AvgIpc) is 2.26. The summed E-state index contributed by atoms with van der Waals surface area (Å²) in [6.45, 7) is 14.5. The van der Waals surface area contributed by atoms with E-state index in [9.17, 15) is 0 Å². The third-order valence-electron chi connectivity index (χ3n) is 2.84. The predicted molar refractivity (Wildman–Crippen MR) is 80.5 cm³/mol. The van der Waals surface area contributed by atoms with Crippen molar-refractivity contribution in [1.29, 1.82) is 0 Å². The molecule has 108 valence electrons. The van der Waals surface area contributed by atoms with E-state index in [0.29, 0.717) is 5.92 Å². The molecule has 0 saturated heterocycles. The Hall–Kier alpha value is -1.09. The quantitative estimate of drug-likeness (QED) is 0.850. The Labute approximate surface area is 117 Å². The molecule has 0 bridgehead atoms. The smallest absolute Gasteiger partial charge is 0.127 e. The Morgan fingerprint density at radius 1 is 1.32 bits per heavy atom. The van der Waals surface area contributed by atoms with Crippen LogP contribution in [-0.2, 0) is 6.54 Å². The summed E-state index contributed by atoms with van der Waals surface area (Å²) in [4.78, 5) is 4.36. The molecule has 0 atom stereocenters. The van der Waals surface area contributed by atoms with Gasteiger partial charge in [0.1, 0.15) is 5.75 Å². The number of aryl methyl sites for hydroxylation is 1. The van der Waals surface area contributed by atoms with Crippen LogP contribution in [0.5, 0.6) is 5.75 Å². The van der Waals surface area contributed by atoms with Crippen molar-refractivity contribution in [3.05, 3.63) is 23.5 Å². The van der Waals surface area contributed by atoms with Gasteiger partial charge < -0.3 is 10.1 Å². The van der Waals surface area contributed by atoms with Crippen molar-refractivity contribution < 1.29 is 4.74 Å². The molecule has 0 radical (unpaired) electrons. The standard InChI is InChI=1S/C16H28N2O/c1-12(2)7-8-19-15-9-13(3)17-10-14(15)11-18-16(4,5)6/h9-10,12,18H,7-8,11H2,1-6H3. The topological polar surface area (TPSA) is 34.1 Å². The van der Waals surface area contributed by atoms with Crippen LogP contribution in [-0.4, -0.2) is 17.1 Å². The second-order valence-electron chi connectivity index (χ2n) is 6.57. The van der Waals surface area contributed by atoms with Gasteiger partial charge in [-0.15, -0.1) is 0 Å². The third kappa shape index (κ3) is 6.58. The maximum absolute atomic E-state index is 5.91. The van der Waals surface area contributed by atoms with Crippen LogP contribution in [0.4, 0.5) is 0 Å². The first-order valence-corrected chi connectivity index (χ1v) is 7.11. The van der Waals surface area contributed by atoms with Crippen molar-refractivity contribution >= 4 is 0 Å². The number of hydrogen-bond acceptors (Lipinski definition) is 3. The molecule has 0 amide bonds. The van der Waals surface area contributed by atoms with Crippen LogP contribution in [0.3, 0.4) is 0 Å². The van der Waals surface area contributed by atoms with Crippen molar-refractivity contribution in [2.24, 2.45) is 5.92 Å². The van der Waals surface area contributed by atoms with E-state index in [1.165, 1.54) is 0 Å². The largest absolute Gasteiger partial charge is 0.493 e. The Kier molecular flexibility index (Phi) is 5.80. The van der Waals surface area contributed by atoms with Gasteiger partial charge in [0.25, 0.3) is 0 Å². The van der Waals surface area contributed by atoms with Gasteiger partial charge in [-0.05, 0) is 40.0 Å². The van der Waals surface area contributed by atoms with Crippen LogP contribution in [0.15, 0.2) is 12.3 Å². The molecule has 1 aromatic rings. The summed E-state index contributed by atoms with van der Waals surface area (Å²) in [5, 5.41) is 3.48. The maximum atomic E-state index is 5.91. The zero-order valence-electron chi connectivity index (χ0n) is 13.2. The lowest BCUT2D eigenvalue weighted by Gasteiger charge is -2.21. The molecule has 0 fully saturated rings. The van der Waals surface area contributed by atoms with Crippen LogP contribution < -0.4 is 10.1 Å². The van der Waals surface area contributed by atoms with E-state index in [-0.39, 0.29) is 5.54 Å². The number of hydrogen-bond donors (Lipinski definition) is 1. The minimum absolute atomic E-state index is 0.0973. The fourth-order valence-electron chi connectivity index (χ4n) is 1.60. The lowest BCUT2D eigenvalue weighted by atomic mass is 10.1. The van der Waals surface area contributed by atoms with Gasteiger partial charge in [0.05, 0.1) is 6.61 Å². The lowest BCUT2D eigenvalue weighted by molar-refractivity contribution is 0.284. The van der Waals surface area contributed by atoms with E-state index in [1.54, 1.807) is 0 Å². The molecule has 0 saturated carbocycles. The highest BCUT2D eigenvalue weighted by Gasteiger charge is 2.11. The maximum Gasteiger partial charge on any atom is 0.127 e. The first-order chi connectivity index (χ1) is 8.78. The van der Waals surface area contributed by atoms with Gasteiger partial charge in [0.15, 0.2) is 0 Å². The molecule has 0 aromatic carbocycles. The van der Waals surface area contributed by atoms with Gasteiger partial charge in [0, 0.05) is 35.6 Å². The Bertz CT molecular complexity index is 394. The SMILES string of the molecule is Cc1cc(OCCC(C)C)c(CNC(C)(C)C)cn1. The number of nitrogens with zero attached hydrogens (tertiary/aromatic N) is 1. The van der Waals surface area contributed by atoms with Crippen molar-refractivity contribution in [3.8, 4) is 5.75 Å². The number of nitrogens with one attached hydrogen (secondary N) is 1. The first-order valence-electron chi connectivity index (χ1n) is 7.11. The van der Waals surface area contributed by atoms with Gasteiger partial charge in [-0.25, -0.2) is 0 Å². The van der Waals surface area contributed by atoms with Crippen LogP contribution in [0.25, 0.3) is 0 Å². The summed E-state index contributed by atoms with van der Waals surface area (Å²) in [5.74, 6) is 1.63. The van der Waals surface area contributed by atoms with Crippen LogP contribution >= 0.6 is 0 Å². The lowest BCUT2D eigenvalue weighted by Crippen LogP contribution is -2.35. The molecule has 1 heterocycles. The Morgan fingerprint density at radius 3 is 2.58 bits per heavy atom. The zero-order valence-corrected chi connectivity index (χ0v) is 13.2. The van der Waals surface area contributed by atoms with E-state index < -0.39 is 0 Å². The third-order valence-corrected chi connectivity index (χ3v) is 2.84. The van der Waals surface area contributed by atoms with Crippen LogP contribution in [0, 0.1) is 12.8 Å². The molecular weight excluding hydrogens is 236 g/mol. The molecule has 0 aliphatic carbocycles. The Balaban J connectivity index is 2.68. The first kappa shape index (κ1) is 16.0. The van der Waals surface area contributed by atoms with E-state index >= 15 is 0 Å². The second kappa shape index (κ2) is 6.90. The summed E-state index contributed by atoms with van der Waals surface area (Å²) >= 11 is 0. The molecule has 1 N–H and O–H groups in total. The fourth-order valence-corrected chi connectivity index (χ4v) is 1.60. The fraction of sp³-hybridized carbons (Fsp3) is 0.688. The summed E-state index contributed by atoms with van der Waals surface area (Å²) in [5.41, 5.74) is 2.23. The molecule has 19 heavy (non-hydrogen) atoms. The minimum Gasteiger partial charge on any atom is -0.493 e. The highest BCUT2D eigenvalue weighted by atomic mass is 16.5. The number of aromatic nitrogens is 1. The van der Waals surface area contributed by atoms with E-state index in [4.69, 9.17) is 4.74 Å². The van der Waals surface area contributed by atoms with Crippen LogP contribution in [0.2, 0.25) is 0 Å². The number of ether oxygens (including phenoxy) is 1. The summed E-state index contributed by atoms with van der Waals surface area (Å²) < 4.78 is 5.91. The summed E-state index contributed by atoms with van der Waals surface area (Å²) in [7, 11) is 0. The van der Waals surface area contributed by atoms with Crippen molar-refractivity contribution in [3.63, 3.8) is 0 Å². The highest BCUT2D eigenvalue weighted by molar-refractivity contribution is 5.32. The van der Waals surface area contributed by atoms with E-state index in [1.807, 2.05) is 19.2 Å². The van der Waals surface area contributed by atoms with E-state index in [0.717, 1.165) is 36.6 Å². The molecule has 3 heteroatoms. The molecular formula is C16H28N2O. The van der Waals surface area contributed by atoms with Gasteiger partial charge in [-0.1, -0.05) is 13.8 Å². The second-order valence-corrected chi connectivity index (χ2v) is 6.57. The number of rotatable bonds is 6. The molecule has 0 aliphatic rings. The molecule has 0 unspecified atom stereocenters. The van der Waals surface area contributed by atoms with Crippen molar-refractivity contribution in [1.82, 2.24) is 10.3 Å². The summed E-state index contributed by atoms with van der Waals surface area (Å²) in [6, 6.07) is 2.03. The number of pyridine rings is 1. The van der Waals surface area contributed by atoms with Crippen molar-refractivity contribution in [2.45, 2.75) is 60.0 Å².